The molecule has 206 valence electrons. The second-order valence-corrected chi connectivity index (χ2v) is 10.9. The number of para-hydroxylation sites is 1. The van der Waals surface area contributed by atoms with E-state index in [1.165, 1.54) is 33.1 Å². The van der Waals surface area contributed by atoms with Gasteiger partial charge in [-0.25, -0.2) is 0 Å². The molecule has 1 saturated heterocycles. The van der Waals surface area contributed by atoms with Crippen molar-refractivity contribution in [2.75, 3.05) is 7.11 Å². The Morgan fingerprint density at radius 2 is 1.75 bits per heavy atom. The first-order valence-corrected chi connectivity index (χ1v) is 13.4. The van der Waals surface area contributed by atoms with Crippen LogP contribution in [0, 0.1) is 19.6 Å². The number of nitrogens with one attached hydrogen (secondary N) is 1. The third kappa shape index (κ3) is 5.33. The maximum Gasteiger partial charge on any atom is 0.324 e. The fraction of sp³-hybridized carbons (Fsp3) is 0.241. The van der Waals surface area contributed by atoms with E-state index in [0.717, 1.165) is 22.0 Å². The van der Waals surface area contributed by atoms with Gasteiger partial charge in [-0.2, -0.15) is 0 Å². The number of cyclic esters (lactones) is 2. The fourth-order valence-electron chi connectivity index (χ4n) is 4.83. The van der Waals surface area contributed by atoms with Crippen LogP contribution >= 0.6 is 22.6 Å². The van der Waals surface area contributed by atoms with Crippen LogP contribution < -0.4 is 9.47 Å². The molecule has 0 spiro atoms. The van der Waals surface area contributed by atoms with Crippen LogP contribution in [0.15, 0.2) is 66.9 Å². The number of esters is 2. The van der Waals surface area contributed by atoms with E-state index in [-0.39, 0.29) is 12.3 Å². The van der Waals surface area contributed by atoms with E-state index in [2.05, 4.69) is 27.6 Å². The number of ether oxygens (including phenoxy) is 4. The highest BCUT2D eigenvalue weighted by molar-refractivity contribution is 14.1. The molecule has 0 amide bonds. The minimum Gasteiger partial charge on any atom is -0.493 e. The summed E-state index contributed by atoms with van der Waals surface area (Å²) >= 11 is 2.11. The van der Waals surface area contributed by atoms with Crippen molar-refractivity contribution in [1.82, 2.24) is 4.98 Å². The van der Waals surface area contributed by atoms with Crippen LogP contribution in [0.2, 0.25) is 0 Å². The number of hydrogen-bond donors (Lipinski definition) is 1. The van der Waals surface area contributed by atoms with Crippen LogP contribution in [-0.2, 0) is 25.7 Å². The molecule has 0 aliphatic carbocycles. The Morgan fingerprint density at radius 3 is 2.40 bits per heavy atom. The summed E-state index contributed by atoms with van der Waals surface area (Å²) in [6, 6.07) is 17.3. The zero-order chi connectivity index (χ0) is 28.6. The molecule has 0 radical (unpaired) electrons. The Balaban J connectivity index is 1.55. The third-order valence-corrected chi connectivity index (χ3v) is 7.43. The molecular weight excluding hydrogens is 631 g/mol. The van der Waals surface area contributed by atoms with E-state index >= 15 is 0 Å². The van der Waals surface area contributed by atoms with Crippen LogP contribution in [0.1, 0.15) is 36.5 Å². The number of aromatic nitrogens is 1. The molecule has 3 aromatic carbocycles. The highest BCUT2D eigenvalue weighted by atomic mass is 127. The highest BCUT2D eigenvalue weighted by Crippen LogP contribution is 2.44. The molecule has 1 aliphatic heterocycles. The van der Waals surface area contributed by atoms with Gasteiger partial charge in [-0.3, -0.25) is 19.7 Å². The van der Waals surface area contributed by atoms with Crippen molar-refractivity contribution < 1.29 is 33.5 Å². The van der Waals surface area contributed by atoms with Crippen LogP contribution in [0.4, 0.5) is 5.69 Å². The average molecular weight is 656 g/mol. The largest absolute Gasteiger partial charge is 0.493 e. The summed E-state index contributed by atoms with van der Waals surface area (Å²) in [5.74, 6) is -3.87. The third-order valence-electron chi connectivity index (χ3n) is 6.63. The van der Waals surface area contributed by atoms with E-state index in [9.17, 15) is 19.7 Å². The number of halogens is 1. The first-order valence-electron chi connectivity index (χ1n) is 12.3. The molecule has 11 heteroatoms. The lowest BCUT2D eigenvalue weighted by atomic mass is 9.80. The zero-order valence-corrected chi connectivity index (χ0v) is 24.0. The number of nitrogens with zero attached hydrogens (tertiary/aromatic N) is 1. The number of H-pyrrole nitrogens is 1. The van der Waals surface area contributed by atoms with E-state index in [1.807, 2.05) is 30.3 Å². The molecule has 1 N–H and O–H groups in total. The molecule has 1 atom stereocenters. The van der Waals surface area contributed by atoms with Gasteiger partial charge in [0.05, 0.1) is 15.6 Å². The molecule has 2 heterocycles. The molecule has 1 aromatic heterocycles. The van der Waals surface area contributed by atoms with Crippen LogP contribution in [0.5, 0.6) is 11.5 Å². The Morgan fingerprint density at radius 1 is 1.07 bits per heavy atom. The van der Waals surface area contributed by atoms with Gasteiger partial charge in [-0.05, 0) is 69.6 Å². The second kappa shape index (κ2) is 10.8. The Bertz CT molecular complexity index is 1590. The van der Waals surface area contributed by atoms with Crippen molar-refractivity contribution in [1.29, 1.82) is 0 Å². The summed E-state index contributed by atoms with van der Waals surface area (Å²) in [4.78, 5) is 40.2. The van der Waals surface area contributed by atoms with Crippen molar-refractivity contribution in [3.63, 3.8) is 0 Å². The topological polar surface area (TPSA) is 130 Å². The average Bonchev–Trinajstić information content (AvgIpc) is 3.33. The molecule has 40 heavy (non-hydrogen) atoms. The van der Waals surface area contributed by atoms with Crippen LogP contribution in [-0.4, -0.2) is 34.7 Å². The van der Waals surface area contributed by atoms with Crippen molar-refractivity contribution in [3.8, 4) is 11.5 Å². The Kier molecular flexibility index (Phi) is 7.41. The number of hydrogen-bond acceptors (Lipinski definition) is 8. The van der Waals surface area contributed by atoms with Crippen LogP contribution in [0.3, 0.4) is 0 Å². The van der Waals surface area contributed by atoms with Crippen molar-refractivity contribution in [2.24, 2.45) is 5.92 Å². The molecule has 10 nitrogen and oxygen atoms in total. The number of non-ortho nitro benzene ring substituents is 1. The first-order chi connectivity index (χ1) is 19.1. The molecular formula is C29H25IN2O8. The van der Waals surface area contributed by atoms with Gasteiger partial charge in [-0.1, -0.05) is 18.2 Å². The van der Waals surface area contributed by atoms with E-state index in [4.69, 9.17) is 18.9 Å². The monoisotopic (exact) mass is 656 g/mol. The zero-order valence-electron chi connectivity index (χ0n) is 21.8. The number of nitro benzene ring substituents is 1. The maximum atomic E-state index is 13.3. The van der Waals surface area contributed by atoms with Crippen molar-refractivity contribution in [3.05, 3.63) is 97.2 Å². The number of methoxy groups -OCH3 is 1. The summed E-state index contributed by atoms with van der Waals surface area (Å²) in [6.07, 6.45) is 1.79. The normalized spacial score (nSPS) is 15.8. The molecule has 0 bridgehead atoms. The summed E-state index contributed by atoms with van der Waals surface area (Å²) in [5, 5.41) is 11.8. The lowest BCUT2D eigenvalue weighted by molar-refractivity contribution is -0.384. The minimum absolute atomic E-state index is 0.00765. The quantitative estimate of drug-likeness (QED) is 0.0822. The van der Waals surface area contributed by atoms with Gasteiger partial charge in [0.25, 0.3) is 11.5 Å². The number of rotatable bonds is 8. The first kappa shape index (κ1) is 27.4. The number of fused-ring (bicyclic) bond motifs is 1. The van der Waals surface area contributed by atoms with E-state index in [1.54, 1.807) is 24.4 Å². The molecule has 1 aliphatic rings. The van der Waals surface area contributed by atoms with Crippen molar-refractivity contribution in [2.45, 2.75) is 32.2 Å². The van der Waals surface area contributed by atoms with Gasteiger partial charge >= 0.3 is 11.9 Å². The van der Waals surface area contributed by atoms with Crippen LogP contribution in [0.25, 0.3) is 10.9 Å². The van der Waals surface area contributed by atoms with Gasteiger partial charge in [0.2, 0.25) is 0 Å². The Hall–Kier alpha value is -4.13. The summed E-state index contributed by atoms with van der Waals surface area (Å²) in [6.45, 7) is 3.18. The molecule has 0 unspecified atom stereocenters. The number of benzene rings is 3. The lowest BCUT2D eigenvalue weighted by Gasteiger charge is -2.36. The summed E-state index contributed by atoms with van der Waals surface area (Å²) < 4.78 is 23.4. The maximum absolute atomic E-state index is 13.3. The smallest absolute Gasteiger partial charge is 0.324 e. The standard InChI is InChI=1S/C29H25IN2O8/c1-29(2)39-27(33)25(28(34)40-29)24(20-14-31-22-7-5-4-6-19(20)22)17-12-21(30)26(23(13-17)37-3)38-15-16-8-10-18(11-9-16)32(35)36/h4-14,24-25,31H,15H2,1-3H3/t24-/m0/s1. The Labute approximate surface area is 242 Å². The van der Waals surface area contributed by atoms with Gasteiger partial charge in [0.1, 0.15) is 6.61 Å². The van der Waals surface area contributed by atoms with E-state index < -0.39 is 34.5 Å². The van der Waals surface area contributed by atoms with Crippen molar-refractivity contribution >= 4 is 51.1 Å². The lowest BCUT2D eigenvalue weighted by Crippen LogP contribution is -2.48. The predicted octanol–water partition coefficient (Wildman–Crippen LogP) is 5.85. The molecule has 0 saturated carbocycles. The molecule has 5 rings (SSSR count). The fourth-order valence-corrected chi connectivity index (χ4v) is 5.61. The molecule has 1 fully saturated rings. The van der Waals surface area contributed by atoms with E-state index in [0.29, 0.717) is 20.6 Å². The summed E-state index contributed by atoms with van der Waals surface area (Å²) in [5.41, 5.74) is 2.94. The number of carbonyl (C=O) groups excluding carboxylic acids is 2. The number of aromatic amines is 1. The minimum atomic E-state index is -1.36. The van der Waals surface area contributed by atoms with Gasteiger partial charge in [-0.15, -0.1) is 0 Å². The second-order valence-electron chi connectivity index (χ2n) is 9.73. The SMILES string of the molecule is COc1cc([C@@H](c2c[nH]c3ccccc23)C2C(=O)OC(C)(C)OC2=O)cc(I)c1OCc1ccc([N+](=O)[O-])cc1. The van der Waals surface area contributed by atoms with Gasteiger partial charge in [0, 0.05) is 49.0 Å². The van der Waals surface area contributed by atoms with Gasteiger partial charge in [0.15, 0.2) is 17.4 Å². The molecule has 4 aromatic rings. The predicted molar refractivity (Wildman–Crippen MR) is 153 cm³/mol. The number of carbonyl (C=O) groups is 2. The highest BCUT2D eigenvalue weighted by Gasteiger charge is 2.49. The summed E-state index contributed by atoms with van der Waals surface area (Å²) in [7, 11) is 1.50. The number of nitro groups is 1. The van der Waals surface area contributed by atoms with Gasteiger partial charge < -0.3 is 23.9 Å².